The van der Waals surface area contributed by atoms with Crippen molar-refractivity contribution in [2.75, 3.05) is 5.73 Å². The van der Waals surface area contributed by atoms with E-state index in [-0.39, 0.29) is 17.0 Å². The lowest BCUT2D eigenvalue weighted by Crippen LogP contribution is -2.14. The van der Waals surface area contributed by atoms with E-state index in [1.54, 1.807) is 0 Å². The highest BCUT2D eigenvalue weighted by Gasteiger charge is 2.19. The van der Waals surface area contributed by atoms with E-state index < -0.39 is 5.91 Å². The Bertz CT molecular complexity index is 911. The van der Waals surface area contributed by atoms with E-state index in [0.717, 1.165) is 0 Å². The number of amides is 1. The monoisotopic (exact) mass is 314 g/mol. The Hall–Kier alpha value is -2.86. The highest BCUT2D eigenvalue weighted by molar-refractivity contribution is 6.34. The molecule has 0 aliphatic heterocycles. The number of rotatable bonds is 2. The Kier molecular flexibility index (Phi) is 3.30. The molecule has 3 aromatic rings. The minimum Gasteiger partial charge on any atom is -0.508 e. The summed E-state index contributed by atoms with van der Waals surface area (Å²) in [6.07, 6.45) is 3.00. The van der Waals surface area contributed by atoms with Gasteiger partial charge in [-0.15, -0.1) is 0 Å². The lowest BCUT2D eigenvalue weighted by Gasteiger charge is -2.13. The Morgan fingerprint density at radius 1 is 1.18 bits per heavy atom. The van der Waals surface area contributed by atoms with Crippen LogP contribution in [0.25, 0.3) is 22.2 Å². The Labute approximate surface area is 130 Å². The number of nitrogens with zero attached hydrogens (tertiary/aromatic N) is 2. The van der Waals surface area contributed by atoms with Crippen LogP contribution in [0.5, 0.6) is 5.75 Å². The second kappa shape index (κ2) is 5.16. The third kappa shape index (κ3) is 2.19. The number of phenolic OH excluding ortho intramolecular Hbond substituents is 1. The SMILES string of the molecule is NC(=O)c1cc2nccnc2c(-c2cc(O)ccc2Cl)c1N. The first-order chi connectivity index (χ1) is 10.5. The van der Waals surface area contributed by atoms with Gasteiger partial charge in [0.2, 0.25) is 0 Å². The summed E-state index contributed by atoms with van der Waals surface area (Å²) in [5.74, 6) is -0.664. The molecule has 0 radical (unpaired) electrons. The van der Waals surface area contributed by atoms with E-state index in [9.17, 15) is 9.90 Å². The summed E-state index contributed by atoms with van der Waals surface area (Å²) in [7, 11) is 0. The zero-order valence-electron chi connectivity index (χ0n) is 11.2. The fraction of sp³-hybridized carbons (Fsp3) is 0. The standard InChI is InChI=1S/C15H11ClN4O2/c16-10-2-1-7(21)5-8(10)12-13(17)9(15(18)22)6-11-14(12)20-4-3-19-11/h1-6,21H,17H2,(H2,18,22). The number of hydrogen-bond acceptors (Lipinski definition) is 5. The minimum atomic E-state index is -0.678. The predicted octanol–water partition coefficient (Wildman–Crippen LogP) is 2.34. The van der Waals surface area contributed by atoms with Gasteiger partial charge in [0, 0.05) is 28.5 Å². The summed E-state index contributed by atoms with van der Waals surface area (Å²) in [5, 5.41) is 10.1. The number of primary amides is 1. The van der Waals surface area contributed by atoms with Gasteiger partial charge >= 0.3 is 0 Å². The van der Waals surface area contributed by atoms with Gasteiger partial charge in [-0.05, 0) is 24.3 Å². The number of aromatic nitrogens is 2. The third-order valence-electron chi connectivity index (χ3n) is 3.29. The Morgan fingerprint density at radius 3 is 2.64 bits per heavy atom. The molecule has 0 spiro atoms. The summed E-state index contributed by atoms with van der Waals surface area (Å²) in [6.45, 7) is 0. The molecule has 1 heterocycles. The average molecular weight is 315 g/mol. The van der Waals surface area contributed by atoms with Crippen molar-refractivity contribution in [1.82, 2.24) is 9.97 Å². The predicted molar refractivity (Wildman–Crippen MR) is 84.6 cm³/mol. The number of anilines is 1. The van der Waals surface area contributed by atoms with Crippen LogP contribution < -0.4 is 11.5 Å². The molecule has 0 atom stereocenters. The Morgan fingerprint density at radius 2 is 1.91 bits per heavy atom. The molecule has 110 valence electrons. The molecule has 1 amide bonds. The average Bonchev–Trinajstić information content (AvgIpc) is 2.49. The van der Waals surface area contributed by atoms with Gasteiger partial charge in [0.15, 0.2) is 0 Å². The molecule has 3 rings (SSSR count). The molecule has 1 aromatic heterocycles. The van der Waals surface area contributed by atoms with Crippen molar-refractivity contribution >= 4 is 34.2 Å². The number of fused-ring (bicyclic) bond motifs is 1. The molecule has 0 fully saturated rings. The van der Waals surface area contributed by atoms with Crippen molar-refractivity contribution in [2.45, 2.75) is 0 Å². The van der Waals surface area contributed by atoms with E-state index >= 15 is 0 Å². The van der Waals surface area contributed by atoms with Crippen LogP contribution in [0, 0.1) is 0 Å². The molecule has 6 nitrogen and oxygen atoms in total. The smallest absolute Gasteiger partial charge is 0.250 e. The van der Waals surface area contributed by atoms with Crippen molar-refractivity contribution < 1.29 is 9.90 Å². The number of hydrogen-bond donors (Lipinski definition) is 3. The van der Waals surface area contributed by atoms with Crippen molar-refractivity contribution in [1.29, 1.82) is 0 Å². The van der Waals surface area contributed by atoms with E-state index in [1.165, 1.54) is 36.7 Å². The van der Waals surface area contributed by atoms with Gasteiger partial charge in [-0.1, -0.05) is 11.6 Å². The Balaban J connectivity index is 2.48. The topological polar surface area (TPSA) is 115 Å². The van der Waals surface area contributed by atoms with E-state index in [1.807, 2.05) is 0 Å². The highest BCUT2D eigenvalue weighted by Crippen LogP contribution is 2.39. The van der Waals surface area contributed by atoms with Crippen molar-refractivity contribution in [3.05, 3.63) is 47.2 Å². The molecular weight excluding hydrogens is 304 g/mol. The molecule has 0 aliphatic rings. The lowest BCUT2D eigenvalue weighted by molar-refractivity contribution is 0.100. The van der Waals surface area contributed by atoms with Crippen LogP contribution in [0.4, 0.5) is 5.69 Å². The number of carbonyl (C=O) groups excluding carboxylic acids is 1. The number of benzene rings is 2. The van der Waals surface area contributed by atoms with Gasteiger partial charge in [-0.25, -0.2) is 0 Å². The molecule has 22 heavy (non-hydrogen) atoms. The maximum Gasteiger partial charge on any atom is 0.250 e. The molecule has 0 saturated heterocycles. The van der Waals surface area contributed by atoms with Crippen molar-refractivity contribution in [2.24, 2.45) is 5.73 Å². The van der Waals surface area contributed by atoms with Crippen LogP contribution in [-0.4, -0.2) is 21.0 Å². The van der Waals surface area contributed by atoms with Crippen LogP contribution in [0.1, 0.15) is 10.4 Å². The minimum absolute atomic E-state index is 0.0142. The normalized spacial score (nSPS) is 10.8. The van der Waals surface area contributed by atoms with Gasteiger partial charge in [-0.3, -0.25) is 14.8 Å². The van der Waals surface area contributed by atoms with E-state index in [0.29, 0.717) is 27.2 Å². The van der Waals surface area contributed by atoms with Crippen LogP contribution >= 0.6 is 11.6 Å². The summed E-state index contributed by atoms with van der Waals surface area (Å²) in [6, 6.07) is 5.92. The third-order valence-corrected chi connectivity index (χ3v) is 3.62. The number of nitrogens with two attached hydrogens (primary N) is 2. The summed E-state index contributed by atoms with van der Waals surface area (Å²) < 4.78 is 0. The van der Waals surface area contributed by atoms with Crippen molar-refractivity contribution in [3.8, 4) is 16.9 Å². The van der Waals surface area contributed by atoms with Crippen LogP contribution in [0.3, 0.4) is 0 Å². The van der Waals surface area contributed by atoms with Crippen LogP contribution in [-0.2, 0) is 0 Å². The van der Waals surface area contributed by atoms with Gasteiger partial charge in [0.25, 0.3) is 5.91 Å². The first kappa shape index (κ1) is 14.1. The molecule has 0 saturated carbocycles. The molecular formula is C15H11ClN4O2. The molecule has 0 unspecified atom stereocenters. The van der Waals surface area contributed by atoms with Gasteiger partial charge < -0.3 is 16.6 Å². The molecule has 2 aromatic carbocycles. The number of nitrogen functional groups attached to an aromatic ring is 1. The number of phenols is 1. The van der Waals surface area contributed by atoms with Crippen LogP contribution in [0.15, 0.2) is 36.7 Å². The number of carbonyl (C=O) groups is 1. The number of halogens is 1. The summed E-state index contributed by atoms with van der Waals surface area (Å²) in [5.41, 5.74) is 13.5. The second-order valence-corrected chi connectivity index (χ2v) is 5.07. The number of aromatic hydroxyl groups is 1. The maximum absolute atomic E-state index is 11.6. The van der Waals surface area contributed by atoms with Gasteiger partial charge in [0.1, 0.15) is 5.75 Å². The second-order valence-electron chi connectivity index (χ2n) is 4.67. The maximum atomic E-state index is 11.6. The molecule has 7 heteroatoms. The summed E-state index contributed by atoms with van der Waals surface area (Å²) >= 11 is 6.20. The zero-order chi connectivity index (χ0) is 15.9. The fourth-order valence-electron chi connectivity index (χ4n) is 2.31. The van der Waals surface area contributed by atoms with E-state index in [2.05, 4.69) is 9.97 Å². The van der Waals surface area contributed by atoms with E-state index in [4.69, 9.17) is 23.1 Å². The zero-order valence-corrected chi connectivity index (χ0v) is 12.0. The molecule has 0 bridgehead atoms. The van der Waals surface area contributed by atoms with Gasteiger partial charge in [-0.2, -0.15) is 0 Å². The summed E-state index contributed by atoms with van der Waals surface area (Å²) in [4.78, 5) is 20.0. The first-order valence-corrected chi connectivity index (χ1v) is 6.68. The van der Waals surface area contributed by atoms with Crippen molar-refractivity contribution in [3.63, 3.8) is 0 Å². The fourth-order valence-corrected chi connectivity index (χ4v) is 2.52. The largest absolute Gasteiger partial charge is 0.508 e. The van der Waals surface area contributed by atoms with Crippen LogP contribution in [0.2, 0.25) is 5.02 Å². The molecule has 0 aliphatic carbocycles. The molecule has 5 N–H and O–H groups in total. The quantitative estimate of drug-likeness (QED) is 0.628. The lowest BCUT2D eigenvalue weighted by atomic mass is 9.97. The highest BCUT2D eigenvalue weighted by atomic mass is 35.5. The van der Waals surface area contributed by atoms with Gasteiger partial charge in [0.05, 0.1) is 22.3 Å². The first-order valence-electron chi connectivity index (χ1n) is 6.31.